The quantitative estimate of drug-likeness (QED) is 0.765. The molecule has 2 fully saturated rings. The molecule has 0 saturated carbocycles. The second-order valence-corrected chi connectivity index (χ2v) is 8.67. The minimum absolute atomic E-state index is 0.234. The summed E-state index contributed by atoms with van der Waals surface area (Å²) in [6.45, 7) is 3.60. The van der Waals surface area contributed by atoms with Crippen molar-refractivity contribution in [2.24, 2.45) is 0 Å². The molecule has 2 aliphatic heterocycles. The van der Waals surface area contributed by atoms with E-state index in [1.165, 1.54) is 9.71 Å². The van der Waals surface area contributed by atoms with Gasteiger partial charge in [0.05, 0.1) is 6.10 Å². The number of nitrogens with one attached hydrogen (secondary N) is 1. The number of sulfonamides is 1. The second-order valence-electron chi connectivity index (χ2n) is 6.47. The Morgan fingerprint density at radius 1 is 1.23 bits per heavy atom. The fraction of sp³-hybridized carbons (Fsp3) is 0.500. The molecule has 6 nitrogen and oxygen atoms in total. The summed E-state index contributed by atoms with van der Waals surface area (Å²) < 4.78 is 32.1. The van der Waals surface area contributed by atoms with E-state index in [0.717, 1.165) is 31.6 Å². The Morgan fingerprint density at radius 2 is 1.96 bits per heavy atom. The predicted octanol–water partition coefficient (Wildman–Crippen LogP) is 1.66. The van der Waals surface area contributed by atoms with Crippen molar-refractivity contribution in [1.29, 1.82) is 0 Å². The monoisotopic (exact) mass is 395 g/mol. The molecule has 3 rings (SSSR count). The van der Waals surface area contributed by atoms with Crippen molar-refractivity contribution in [2.45, 2.75) is 18.9 Å². The number of thiocarbonyl (C=S) groups is 1. The molecule has 26 heavy (non-hydrogen) atoms. The van der Waals surface area contributed by atoms with Gasteiger partial charge in [-0.15, -0.1) is 0 Å². The smallest absolute Gasteiger partial charge is 0.236 e. The highest BCUT2D eigenvalue weighted by molar-refractivity contribution is 7.92. The first kappa shape index (κ1) is 19.3. The number of hydrogen-bond acceptors (Lipinski definition) is 4. The van der Waals surface area contributed by atoms with Gasteiger partial charge in [0.25, 0.3) is 0 Å². The Balaban J connectivity index is 1.47. The van der Waals surface area contributed by atoms with Crippen molar-refractivity contribution in [3.8, 4) is 0 Å². The van der Waals surface area contributed by atoms with Crippen LogP contribution in [0.2, 0.25) is 0 Å². The van der Waals surface area contributed by atoms with Crippen molar-refractivity contribution in [2.75, 3.05) is 39.3 Å². The van der Waals surface area contributed by atoms with Crippen molar-refractivity contribution in [3.05, 3.63) is 41.3 Å². The zero-order chi connectivity index (χ0) is 18.4. The number of nitrogens with zero attached hydrogens (tertiary/aromatic N) is 2. The van der Waals surface area contributed by atoms with Crippen LogP contribution in [0.15, 0.2) is 35.7 Å². The standard InChI is InChI=1S/C18H25N3O3S2/c22-26(23,14-8-16-5-2-1-3-6-16)21-11-9-20(10-12-21)18(25)19-15-17-7-4-13-24-17/h1-3,5-6,8,14,17H,4,7,9-13,15H2,(H,19,25)/b14-8+/t17-/m0/s1. The summed E-state index contributed by atoms with van der Waals surface area (Å²) in [5.41, 5.74) is 0.870. The maximum atomic E-state index is 12.5. The number of rotatable bonds is 5. The number of ether oxygens (including phenoxy) is 1. The lowest BCUT2D eigenvalue weighted by atomic mass is 10.2. The Bertz CT molecular complexity index is 723. The van der Waals surface area contributed by atoms with Crippen molar-refractivity contribution in [1.82, 2.24) is 14.5 Å². The van der Waals surface area contributed by atoms with Gasteiger partial charge < -0.3 is 15.0 Å². The van der Waals surface area contributed by atoms with Crippen LogP contribution in [0, 0.1) is 0 Å². The highest BCUT2D eigenvalue weighted by atomic mass is 32.2. The average Bonchev–Trinajstić information content (AvgIpc) is 3.19. The maximum absolute atomic E-state index is 12.5. The molecule has 0 amide bonds. The molecule has 8 heteroatoms. The van der Waals surface area contributed by atoms with Crippen LogP contribution < -0.4 is 5.32 Å². The topological polar surface area (TPSA) is 61.9 Å². The summed E-state index contributed by atoms with van der Waals surface area (Å²) in [4.78, 5) is 2.03. The number of benzene rings is 1. The lowest BCUT2D eigenvalue weighted by Gasteiger charge is -2.35. The van der Waals surface area contributed by atoms with Gasteiger partial charge >= 0.3 is 0 Å². The van der Waals surface area contributed by atoms with Crippen LogP contribution in [-0.2, 0) is 14.8 Å². The average molecular weight is 396 g/mol. The molecule has 2 heterocycles. The van der Waals surface area contributed by atoms with Gasteiger partial charge in [-0.1, -0.05) is 30.3 Å². The molecule has 2 aliphatic rings. The van der Waals surface area contributed by atoms with Gasteiger partial charge in [-0.25, -0.2) is 8.42 Å². The highest BCUT2D eigenvalue weighted by Gasteiger charge is 2.26. The van der Waals surface area contributed by atoms with E-state index in [2.05, 4.69) is 5.32 Å². The third kappa shape index (κ3) is 5.26. The molecule has 1 aromatic carbocycles. The summed E-state index contributed by atoms with van der Waals surface area (Å²) >= 11 is 5.43. The maximum Gasteiger partial charge on any atom is 0.236 e. The fourth-order valence-corrected chi connectivity index (χ4v) is 4.52. The van der Waals surface area contributed by atoms with E-state index in [-0.39, 0.29) is 6.10 Å². The SMILES string of the molecule is O=S(=O)(/C=C/c1ccccc1)N1CCN(C(=S)NC[C@@H]2CCCO2)CC1. The summed E-state index contributed by atoms with van der Waals surface area (Å²) in [6.07, 6.45) is 4.04. The van der Waals surface area contributed by atoms with Crippen molar-refractivity contribution >= 4 is 33.4 Å². The van der Waals surface area contributed by atoms with E-state index in [1.54, 1.807) is 6.08 Å². The molecule has 0 spiro atoms. The lowest BCUT2D eigenvalue weighted by molar-refractivity contribution is 0.113. The molecule has 142 valence electrons. The first-order valence-electron chi connectivity index (χ1n) is 8.92. The van der Waals surface area contributed by atoms with Crippen LogP contribution in [0.4, 0.5) is 0 Å². The van der Waals surface area contributed by atoms with Crippen LogP contribution in [-0.4, -0.2) is 68.2 Å². The summed E-state index contributed by atoms with van der Waals surface area (Å²) in [7, 11) is -3.41. The third-order valence-corrected chi connectivity index (χ3v) is 6.59. The lowest BCUT2D eigenvalue weighted by Crippen LogP contribution is -2.53. The molecule has 1 atom stereocenters. The van der Waals surface area contributed by atoms with E-state index in [4.69, 9.17) is 17.0 Å². The van der Waals surface area contributed by atoms with Gasteiger partial charge in [0, 0.05) is 44.7 Å². The molecule has 0 aliphatic carbocycles. The molecule has 0 unspecified atom stereocenters. The molecule has 1 N–H and O–H groups in total. The zero-order valence-corrected chi connectivity index (χ0v) is 16.3. The fourth-order valence-electron chi connectivity index (χ4n) is 3.08. The van der Waals surface area contributed by atoms with Gasteiger partial charge in [-0.3, -0.25) is 0 Å². The van der Waals surface area contributed by atoms with E-state index in [9.17, 15) is 8.42 Å². The minimum atomic E-state index is -3.41. The summed E-state index contributed by atoms with van der Waals surface area (Å²) in [6, 6.07) is 9.43. The van der Waals surface area contributed by atoms with Crippen molar-refractivity contribution < 1.29 is 13.2 Å². The molecular formula is C18H25N3O3S2. The van der Waals surface area contributed by atoms with Crippen LogP contribution >= 0.6 is 12.2 Å². The first-order chi connectivity index (χ1) is 12.5. The zero-order valence-electron chi connectivity index (χ0n) is 14.7. The Morgan fingerprint density at radius 3 is 2.62 bits per heavy atom. The van der Waals surface area contributed by atoms with E-state index in [1.807, 2.05) is 35.2 Å². The normalized spacial score (nSPS) is 22.0. The molecule has 2 saturated heterocycles. The predicted molar refractivity (Wildman–Crippen MR) is 107 cm³/mol. The van der Waals surface area contributed by atoms with Gasteiger partial charge in [0.2, 0.25) is 10.0 Å². The van der Waals surface area contributed by atoms with Gasteiger partial charge in [0.1, 0.15) is 0 Å². The Labute approximate surface area is 160 Å². The first-order valence-corrected chi connectivity index (χ1v) is 10.8. The largest absolute Gasteiger partial charge is 0.376 e. The molecule has 0 radical (unpaired) electrons. The number of hydrogen-bond donors (Lipinski definition) is 1. The summed E-state index contributed by atoms with van der Waals surface area (Å²) in [5, 5.41) is 5.21. The van der Waals surface area contributed by atoms with Crippen molar-refractivity contribution in [3.63, 3.8) is 0 Å². The molecule has 0 bridgehead atoms. The van der Waals surface area contributed by atoms with Crippen LogP contribution in [0.25, 0.3) is 6.08 Å². The van der Waals surface area contributed by atoms with Crippen LogP contribution in [0.1, 0.15) is 18.4 Å². The Hall–Kier alpha value is -1.48. The number of piperazine rings is 1. The van der Waals surface area contributed by atoms with E-state index < -0.39 is 10.0 Å². The Kier molecular flexibility index (Phi) is 6.63. The highest BCUT2D eigenvalue weighted by Crippen LogP contribution is 2.13. The summed E-state index contributed by atoms with van der Waals surface area (Å²) in [5.74, 6) is 0. The molecular weight excluding hydrogens is 370 g/mol. The van der Waals surface area contributed by atoms with Gasteiger partial charge in [-0.2, -0.15) is 4.31 Å². The van der Waals surface area contributed by atoms with E-state index >= 15 is 0 Å². The molecule has 0 aromatic heterocycles. The van der Waals surface area contributed by atoms with Gasteiger partial charge in [-0.05, 0) is 36.7 Å². The second kappa shape index (κ2) is 8.94. The third-order valence-electron chi connectivity index (χ3n) is 4.62. The van der Waals surface area contributed by atoms with E-state index in [0.29, 0.717) is 31.3 Å². The minimum Gasteiger partial charge on any atom is -0.376 e. The molecule has 1 aromatic rings. The van der Waals surface area contributed by atoms with Crippen LogP contribution in [0.5, 0.6) is 0 Å². The van der Waals surface area contributed by atoms with Crippen LogP contribution in [0.3, 0.4) is 0 Å². The van der Waals surface area contributed by atoms with Gasteiger partial charge in [0.15, 0.2) is 5.11 Å².